The van der Waals surface area contributed by atoms with Crippen LogP contribution in [0.25, 0.3) is 0 Å². The number of hydrogen-bond donors (Lipinski definition) is 1. The third-order valence-electron chi connectivity index (χ3n) is 1.33. The number of rotatable bonds is 2. The molecule has 0 aromatic carbocycles. The number of aromatic nitrogens is 1. The predicted octanol–water partition coefficient (Wildman–Crippen LogP) is 1.60. The van der Waals surface area contributed by atoms with Crippen molar-refractivity contribution in [1.29, 1.82) is 0 Å². The van der Waals surface area contributed by atoms with E-state index in [-0.39, 0.29) is 5.91 Å². The molecule has 0 saturated heterocycles. The Morgan fingerprint density at radius 2 is 2.08 bits per heavy atom. The number of hydrogen-bond acceptors (Lipinski definition) is 2. The Morgan fingerprint density at radius 1 is 1.50 bits per heavy atom. The van der Waals surface area contributed by atoms with Crippen molar-refractivity contribution in [2.75, 3.05) is 5.32 Å². The monoisotopic (exact) mass is 162 g/mol. The summed E-state index contributed by atoms with van der Waals surface area (Å²) < 4.78 is 0. The molecule has 3 nitrogen and oxygen atoms in total. The van der Waals surface area contributed by atoms with Crippen LogP contribution in [-0.2, 0) is 4.79 Å². The van der Waals surface area contributed by atoms with Gasteiger partial charge in [-0.1, -0.05) is 6.58 Å². The zero-order valence-electron chi connectivity index (χ0n) is 6.87. The summed E-state index contributed by atoms with van der Waals surface area (Å²) in [6, 6.07) is 3.45. The van der Waals surface area contributed by atoms with Gasteiger partial charge in [-0.05, 0) is 19.1 Å². The fourth-order valence-corrected chi connectivity index (χ4v) is 0.673. The molecule has 0 unspecified atom stereocenters. The molecular weight excluding hydrogens is 152 g/mol. The first-order valence-corrected chi connectivity index (χ1v) is 3.57. The Labute approximate surface area is 71.1 Å². The number of amides is 1. The van der Waals surface area contributed by atoms with E-state index in [0.29, 0.717) is 5.57 Å². The molecule has 1 rings (SSSR count). The first-order chi connectivity index (χ1) is 5.70. The van der Waals surface area contributed by atoms with Crippen molar-refractivity contribution in [2.24, 2.45) is 0 Å². The van der Waals surface area contributed by atoms with Gasteiger partial charge < -0.3 is 5.32 Å². The van der Waals surface area contributed by atoms with Crippen LogP contribution in [0.1, 0.15) is 6.92 Å². The summed E-state index contributed by atoms with van der Waals surface area (Å²) in [6.45, 7) is 5.19. The Morgan fingerprint density at radius 3 is 2.58 bits per heavy atom. The van der Waals surface area contributed by atoms with Crippen molar-refractivity contribution in [3.8, 4) is 0 Å². The Kier molecular flexibility index (Phi) is 2.58. The molecule has 0 atom stereocenters. The van der Waals surface area contributed by atoms with Gasteiger partial charge in [0.25, 0.3) is 5.91 Å². The molecule has 0 saturated carbocycles. The topological polar surface area (TPSA) is 42.0 Å². The summed E-state index contributed by atoms with van der Waals surface area (Å²) in [7, 11) is 0. The summed E-state index contributed by atoms with van der Waals surface area (Å²) in [4.78, 5) is 14.9. The van der Waals surface area contributed by atoms with Crippen LogP contribution in [0, 0.1) is 0 Å². The van der Waals surface area contributed by atoms with Crippen molar-refractivity contribution in [3.63, 3.8) is 0 Å². The standard InChI is InChI=1S/C9H10N2O/c1-7(2)9(12)11-8-3-5-10-6-4-8/h3-6H,1H2,2H3,(H,10,11,12). The van der Waals surface area contributed by atoms with Gasteiger partial charge in [-0.3, -0.25) is 9.78 Å². The van der Waals surface area contributed by atoms with Crippen LogP contribution < -0.4 is 5.32 Å². The molecule has 12 heavy (non-hydrogen) atoms. The fourth-order valence-electron chi connectivity index (χ4n) is 0.673. The van der Waals surface area contributed by atoms with E-state index in [1.54, 1.807) is 31.5 Å². The second-order valence-electron chi connectivity index (χ2n) is 2.47. The molecule has 0 aliphatic rings. The molecule has 0 bridgehead atoms. The lowest BCUT2D eigenvalue weighted by Gasteiger charge is -2.02. The Bertz CT molecular complexity index is 293. The largest absolute Gasteiger partial charge is 0.322 e. The summed E-state index contributed by atoms with van der Waals surface area (Å²) in [6.07, 6.45) is 3.24. The molecular formula is C9H10N2O. The molecule has 1 N–H and O–H groups in total. The SMILES string of the molecule is C=C(C)C(=O)Nc1ccncc1. The van der Waals surface area contributed by atoms with Gasteiger partial charge in [0, 0.05) is 23.7 Å². The van der Waals surface area contributed by atoms with Gasteiger partial charge in [0.1, 0.15) is 0 Å². The second kappa shape index (κ2) is 3.67. The van der Waals surface area contributed by atoms with Gasteiger partial charge in [-0.15, -0.1) is 0 Å². The van der Waals surface area contributed by atoms with E-state index in [0.717, 1.165) is 5.69 Å². The number of nitrogens with one attached hydrogen (secondary N) is 1. The highest BCUT2D eigenvalue weighted by Gasteiger charge is 2.00. The Balaban J connectivity index is 2.65. The van der Waals surface area contributed by atoms with Crippen LogP contribution in [0.3, 0.4) is 0 Å². The normalized spacial score (nSPS) is 9.08. The summed E-state index contributed by atoms with van der Waals surface area (Å²) >= 11 is 0. The molecule has 0 spiro atoms. The van der Waals surface area contributed by atoms with E-state index in [1.165, 1.54) is 0 Å². The maximum absolute atomic E-state index is 11.1. The predicted molar refractivity (Wildman–Crippen MR) is 47.7 cm³/mol. The highest BCUT2D eigenvalue weighted by molar-refractivity contribution is 6.02. The molecule has 1 aromatic rings. The third kappa shape index (κ3) is 2.20. The first kappa shape index (κ1) is 8.46. The minimum absolute atomic E-state index is 0.166. The first-order valence-electron chi connectivity index (χ1n) is 3.57. The zero-order chi connectivity index (χ0) is 8.97. The smallest absolute Gasteiger partial charge is 0.250 e. The van der Waals surface area contributed by atoms with E-state index >= 15 is 0 Å². The minimum atomic E-state index is -0.166. The average Bonchev–Trinajstić information content (AvgIpc) is 2.06. The van der Waals surface area contributed by atoms with Crippen LogP contribution in [-0.4, -0.2) is 10.9 Å². The molecule has 1 heterocycles. The van der Waals surface area contributed by atoms with Crippen molar-refractivity contribution in [3.05, 3.63) is 36.7 Å². The van der Waals surface area contributed by atoms with Gasteiger partial charge in [-0.25, -0.2) is 0 Å². The molecule has 62 valence electrons. The van der Waals surface area contributed by atoms with Crippen LogP contribution in [0.2, 0.25) is 0 Å². The summed E-state index contributed by atoms with van der Waals surface area (Å²) in [5.41, 5.74) is 1.23. The average molecular weight is 162 g/mol. The fraction of sp³-hybridized carbons (Fsp3) is 0.111. The molecule has 1 amide bonds. The van der Waals surface area contributed by atoms with Gasteiger partial charge in [0.05, 0.1) is 0 Å². The van der Waals surface area contributed by atoms with Crippen molar-refractivity contribution in [2.45, 2.75) is 6.92 Å². The van der Waals surface area contributed by atoms with Gasteiger partial charge in [-0.2, -0.15) is 0 Å². The van der Waals surface area contributed by atoms with Crippen molar-refractivity contribution in [1.82, 2.24) is 4.98 Å². The van der Waals surface area contributed by atoms with E-state index in [1.807, 2.05) is 0 Å². The third-order valence-corrected chi connectivity index (χ3v) is 1.33. The van der Waals surface area contributed by atoms with E-state index < -0.39 is 0 Å². The van der Waals surface area contributed by atoms with Gasteiger partial charge >= 0.3 is 0 Å². The Hall–Kier alpha value is -1.64. The molecule has 1 aromatic heterocycles. The zero-order valence-corrected chi connectivity index (χ0v) is 6.87. The molecule has 3 heteroatoms. The number of pyridine rings is 1. The van der Waals surface area contributed by atoms with E-state index in [4.69, 9.17) is 0 Å². The molecule has 0 aliphatic heterocycles. The lowest BCUT2D eigenvalue weighted by molar-refractivity contribution is -0.112. The lowest BCUT2D eigenvalue weighted by Crippen LogP contribution is -2.11. The molecule has 0 fully saturated rings. The van der Waals surface area contributed by atoms with Crippen molar-refractivity contribution < 1.29 is 4.79 Å². The van der Waals surface area contributed by atoms with Gasteiger partial charge in [0.15, 0.2) is 0 Å². The second-order valence-corrected chi connectivity index (χ2v) is 2.47. The summed E-state index contributed by atoms with van der Waals surface area (Å²) in [5.74, 6) is -0.166. The number of nitrogens with zero attached hydrogens (tertiary/aromatic N) is 1. The lowest BCUT2D eigenvalue weighted by atomic mass is 10.3. The van der Waals surface area contributed by atoms with Crippen molar-refractivity contribution >= 4 is 11.6 Å². The quantitative estimate of drug-likeness (QED) is 0.671. The van der Waals surface area contributed by atoms with Crippen LogP contribution in [0.4, 0.5) is 5.69 Å². The number of anilines is 1. The molecule has 0 radical (unpaired) electrons. The van der Waals surface area contributed by atoms with E-state index in [9.17, 15) is 4.79 Å². The number of carbonyl (C=O) groups excluding carboxylic acids is 1. The summed E-state index contributed by atoms with van der Waals surface area (Å²) in [5, 5.41) is 2.66. The highest BCUT2D eigenvalue weighted by Crippen LogP contribution is 2.04. The minimum Gasteiger partial charge on any atom is -0.322 e. The van der Waals surface area contributed by atoms with Crippen LogP contribution in [0.5, 0.6) is 0 Å². The molecule has 0 aliphatic carbocycles. The highest BCUT2D eigenvalue weighted by atomic mass is 16.1. The van der Waals surface area contributed by atoms with E-state index in [2.05, 4.69) is 16.9 Å². The number of carbonyl (C=O) groups is 1. The van der Waals surface area contributed by atoms with Crippen LogP contribution >= 0.6 is 0 Å². The van der Waals surface area contributed by atoms with Crippen LogP contribution in [0.15, 0.2) is 36.7 Å². The maximum atomic E-state index is 11.1. The maximum Gasteiger partial charge on any atom is 0.250 e. The van der Waals surface area contributed by atoms with Gasteiger partial charge in [0.2, 0.25) is 0 Å².